The third-order valence-corrected chi connectivity index (χ3v) is 2.99. The van der Waals surface area contributed by atoms with Crippen LogP contribution in [-0.4, -0.2) is 4.98 Å². The first-order valence-electron chi connectivity index (χ1n) is 4.47. The van der Waals surface area contributed by atoms with E-state index < -0.39 is 0 Å². The van der Waals surface area contributed by atoms with Crippen molar-refractivity contribution in [1.82, 2.24) is 4.98 Å². The van der Waals surface area contributed by atoms with Crippen LogP contribution in [0.3, 0.4) is 0 Å². The van der Waals surface area contributed by atoms with E-state index >= 15 is 0 Å². The van der Waals surface area contributed by atoms with Crippen LogP contribution in [0.1, 0.15) is 37.2 Å². The smallest absolute Gasteiger partial charge is 0.0410 e. The highest BCUT2D eigenvalue weighted by Crippen LogP contribution is 2.34. The Bertz CT molecular complexity index is 266. The van der Waals surface area contributed by atoms with E-state index in [1.165, 1.54) is 31.2 Å². The second-order valence-corrected chi connectivity index (χ2v) is 4.33. The molecule has 0 atom stereocenters. The lowest BCUT2D eigenvalue weighted by Gasteiger charge is -2.07. The van der Waals surface area contributed by atoms with Crippen LogP contribution in [0, 0.1) is 0 Å². The van der Waals surface area contributed by atoms with Crippen LogP contribution in [0.2, 0.25) is 0 Å². The molecule has 1 aromatic heterocycles. The summed E-state index contributed by atoms with van der Waals surface area (Å²) in [6.07, 6.45) is 9.31. The third-order valence-electron chi connectivity index (χ3n) is 2.55. The minimum atomic E-state index is 0.773. The standard InChI is InChI=1S/C10H12BrN/c11-10-5-9(6-12-7-10)8-3-1-2-4-8/h5-8H,1-4H2. The maximum Gasteiger partial charge on any atom is 0.0410 e. The molecule has 0 saturated heterocycles. The fraction of sp³-hybridized carbons (Fsp3) is 0.500. The van der Waals surface area contributed by atoms with Crippen molar-refractivity contribution < 1.29 is 0 Å². The van der Waals surface area contributed by atoms with Crippen molar-refractivity contribution in [3.8, 4) is 0 Å². The quantitative estimate of drug-likeness (QED) is 0.714. The number of halogens is 1. The van der Waals surface area contributed by atoms with Crippen LogP contribution < -0.4 is 0 Å². The molecule has 2 rings (SSSR count). The van der Waals surface area contributed by atoms with Gasteiger partial charge in [0.2, 0.25) is 0 Å². The fourth-order valence-corrected chi connectivity index (χ4v) is 2.29. The van der Waals surface area contributed by atoms with E-state index in [1.807, 2.05) is 12.4 Å². The molecule has 1 saturated carbocycles. The Labute approximate surface area is 81.3 Å². The number of nitrogens with zero attached hydrogens (tertiary/aromatic N) is 1. The number of rotatable bonds is 1. The highest BCUT2D eigenvalue weighted by molar-refractivity contribution is 9.10. The van der Waals surface area contributed by atoms with E-state index in [2.05, 4.69) is 27.0 Å². The first-order valence-corrected chi connectivity index (χ1v) is 5.26. The average molecular weight is 226 g/mol. The molecule has 0 amide bonds. The molecule has 2 heteroatoms. The van der Waals surface area contributed by atoms with Gasteiger partial charge in [0, 0.05) is 16.9 Å². The summed E-state index contributed by atoms with van der Waals surface area (Å²) >= 11 is 3.45. The Balaban J connectivity index is 2.21. The summed E-state index contributed by atoms with van der Waals surface area (Å²) in [6, 6.07) is 2.20. The van der Waals surface area contributed by atoms with Crippen LogP contribution in [0.15, 0.2) is 22.9 Å². The summed E-state index contributed by atoms with van der Waals surface area (Å²) in [5.74, 6) is 0.773. The summed E-state index contributed by atoms with van der Waals surface area (Å²) in [4.78, 5) is 4.18. The summed E-state index contributed by atoms with van der Waals surface area (Å²) in [5, 5.41) is 0. The van der Waals surface area contributed by atoms with Crippen LogP contribution in [0.25, 0.3) is 0 Å². The van der Waals surface area contributed by atoms with Gasteiger partial charge in [-0.1, -0.05) is 12.8 Å². The molecule has 0 unspecified atom stereocenters. The largest absolute Gasteiger partial charge is 0.263 e. The predicted molar refractivity (Wildman–Crippen MR) is 53.1 cm³/mol. The van der Waals surface area contributed by atoms with Crippen LogP contribution in [0.5, 0.6) is 0 Å². The van der Waals surface area contributed by atoms with Crippen molar-refractivity contribution in [1.29, 1.82) is 0 Å². The molecule has 1 fully saturated rings. The number of hydrogen-bond donors (Lipinski definition) is 0. The van der Waals surface area contributed by atoms with Crippen molar-refractivity contribution >= 4 is 15.9 Å². The second-order valence-electron chi connectivity index (χ2n) is 3.42. The predicted octanol–water partition coefficient (Wildman–Crippen LogP) is 3.50. The lowest BCUT2D eigenvalue weighted by atomic mass is 10.00. The van der Waals surface area contributed by atoms with Gasteiger partial charge in [-0.2, -0.15) is 0 Å². The molecule has 0 bridgehead atoms. The fourth-order valence-electron chi connectivity index (χ4n) is 1.91. The molecule has 64 valence electrons. The zero-order valence-electron chi connectivity index (χ0n) is 6.96. The van der Waals surface area contributed by atoms with Gasteiger partial charge in [0.25, 0.3) is 0 Å². The molecule has 0 N–H and O–H groups in total. The Kier molecular flexibility index (Phi) is 2.45. The zero-order chi connectivity index (χ0) is 8.39. The van der Waals surface area contributed by atoms with Gasteiger partial charge in [0.15, 0.2) is 0 Å². The van der Waals surface area contributed by atoms with Crippen LogP contribution in [0.4, 0.5) is 0 Å². The van der Waals surface area contributed by atoms with Crippen molar-refractivity contribution in [2.45, 2.75) is 31.6 Å². The summed E-state index contributed by atoms with van der Waals surface area (Å²) in [5.41, 5.74) is 1.40. The van der Waals surface area contributed by atoms with Gasteiger partial charge in [0.1, 0.15) is 0 Å². The van der Waals surface area contributed by atoms with E-state index in [-0.39, 0.29) is 0 Å². The molecule has 0 spiro atoms. The Hall–Kier alpha value is -0.370. The molecule has 1 nitrogen and oxygen atoms in total. The van der Waals surface area contributed by atoms with E-state index in [1.54, 1.807) is 0 Å². The van der Waals surface area contributed by atoms with E-state index in [0.717, 1.165) is 10.4 Å². The minimum absolute atomic E-state index is 0.773. The second kappa shape index (κ2) is 3.56. The van der Waals surface area contributed by atoms with E-state index in [9.17, 15) is 0 Å². The average Bonchev–Trinajstić information content (AvgIpc) is 2.56. The molecule has 1 aliphatic rings. The zero-order valence-corrected chi connectivity index (χ0v) is 8.55. The molecule has 1 aromatic rings. The number of hydrogen-bond acceptors (Lipinski definition) is 1. The van der Waals surface area contributed by atoms with Gasteiger partial charge in [-0.05, 0) is 46.3 Å². The topological polar surface area (TPSA) is 12.9 Å². The number of aromatic nitrogens is 1. The molecule has 0 aliphatic heterocycles. The summed E-state index contributed by atoms with van der Waals surface area (Å²) in [6.45, 7) is 0. The normalized spacial score (nSPS) is 18.4. The van der Waals surface area contributed by atoms with Gasteiger partial charge in [0.05, 0.1) is 0 Å². The maximum atomic E-state index is 4.18. The van der Waals surface area contributed by atoms with Crippen molar-refractivity contribution in [2.24, 2.45) is 0 Å². The molecule has 12 heavy (non-hydrogen) atoms. The van der Waals surface area contributed by atoms with Crippen molar-refractivity contribution in [3.63, 3.8) is 0 Å². The first-order chi connectivity index (χ1) is 5.86. The van der Waals surface area contributed by atoms with E-state index in [4.69, 9.17) is 0 Å². The minimum Gasteiger partial charge on any atom is -0.263 e. The summed E-state index contributed by atoms with van der Waals surface area (Å²) < 4.78 is 1.10. The molecule has 0 aromatic carbocycles. The van der Waals surface area contributed by atoms with Gasteiger partial charge in [-0.3, -0.25) is 4.98 Å². The van der Waals surface area contributed by atoms with E-state index in [0.29, 0.717) is 0 Å². The van der Waals surface area contributed by atoms with Crippen molar-refractivity contribution in [3.05, 3.63) is 28.5 Å². The van der Waals surface area contributed by atoms with Crippen molar-refractivity contribution in [2.75, 3.05) is 0 Å². The number of pyridine rings is 1. The maximum absolute atomic E-state index is 4.18. The van der Waals surface area contributed by atoms with Crippen LogP contribution in [-0.2, 0) is 0 Å². The summed E-state index contributed by atoms with van der Waals surface area (Å²) in [7, 11) is 0. The Morgan fingerprint density at radius 1 is 1.25 bits per heavy atom. The molecule has 0 radical (unpaired) electrons. The Morgan fingerprint density at radius 2 is 2.00 bits per heavy atom. The molecule has 1 heterocycles. The highest BCUT2D eigenvalue weighted by Gasteiger charge is 2.16. The highest BCUT2D eigenvalue weighted by atomic mass is 79.9. The lowest BCUT2D eigenvalue weighted by molar-refractivity contribution is 0.718. The molecule has 1 aliphatic carbocycles. The van der Waals surface area contributed by atoms with Gasteiger partial charge >= 0.3 is 0 Å². The SMILES string of the molecule is Brc1cncc(C2CCCC2)c1. The lowest BCUT2D eigenvalue weighted by Crippen LogP contribution is -1.92. The monoisotopic (exact) mass is 225 g/mol. The van der Waals surface area contributed by atoms with Gasteiger partial charge in [-0.25, -0.2) is 0 Å². The van der Waals surface area contributed by atoms with Gasteiger partial charge in [-0.15, -0.1) is 0 Å². The third kappa shape index (κ3) is 1.69. The first kappa shape index (κ1) is 8.24. The van der Waals surface area contributed by atoms with Gasteiger partial charge < -0.3 is 0 Å². The Morgan fingerprint density at radius 3 is 2.67 bits per heavy atom. The molecular weight excluding hydrogens is 214 g/mol. The van der Waals surface area contributed by atoms with Crippen LogP contribution >= 0.6 is 15.9 Å². The molecular formula is C10H12BrN.